The van der Waals surface area contributed by atoms with Gasteiger partial charge in [-0.15, -0.1) is 11.3 Å². The van der Waals surface area contributed by atoms with Gasteiger partial charge in [0.05, 0.1) is 5.69 Å². The summed E-state index contributed by atoms with van der Waals surface area (Å²) < 4.78 is 28.6. The summed E-state index contributed by atoms with van der Waals surface area (Å²) in [4.78, 5) is 17.4. The molecular weight excluding hydrogens is 322 g/mol. The largest absolute Gasteiger partial charge is 0.279 e. The molecule has 22 heavy (non-hydrogen) atoms. The number of sulfonamides is 1. The summed E-state index contributed by atoms with van der Waals surface area (Å²) in [5.74, 6) is 0.522. The van der Waals surface area contributed by atoms with Crippen molar-refractivity contribution in [3.8, 4) is 0 Å². The van der Waals surface area contributed by atoms with Crippen LogP contribution in [0.2, 0.25) is 0 Å². The van der Waals surface area contributed by atoms with Gasteiger partial charge >= 0.3 is 0 Å². The van der Waals surface area contributed by atoms with Crippen molar-refractivity contribution < 1.29 is 8.42 Å². The Hall–Kier alpha value is -1.25. The molecule has 0 aliphatic carbocycles. The van der Waals surface area contributed by atoms with E-state index in [1.54, 1.807) is 13.8 Å². The summed E-state index contributed by atoms with van der Waals surface area (Å²) in [6.07, 6.45) is 1.65. The van der Waals surface area contributed by atoms with E-state index in [4.69, 9.17) is 0 Å². The van der Waals surface area contributed by atoms with Crippen molar-refractivity contribution in [1.29, 1.82) is 0 Å². The zero-order chi connectivity index (χ0) is 16.1. The highest BCUT2D eigenvalue weighted by Gasteiger charge is 2.33. The van der Waals surface area contributed by atoms with Gasteiger partial charge in [-0.25, -0.2) is 13.4 Å². The number of piperidine rings is 1. The lowest BCUT2D eigenvalue weighted by Crippen LogP contribution is -2.41. The first-order valence-electron chi connectivity index (χ1n) is 7.30. The second kappa shape index (κ2) is 5.43. The Kier molecular flexibility index (Phi) is 3.86. The molecule has 0 bridgehead atoms. The minimum absolute atomic E-state index is 0.180. The molecule has 0 amide bonds. The zero-order valence-corrected chi connectivity index (χ0v) is 14.5. The maximum absolute atomic E-state index is 12.9. The Morgan fingerprint density at radius 2 is 1.91 bits per heavy atom. The highest BCUT2D eigenvalue weighted by Crippen LogP contribution is 2.24. The molecule has 0 unspecified atom stereocenters. The molecule has 120 valence electrons. The van der Waals surface area contributed by atoms with Crippen LogP contribution in [0.25, 0.3) is 4.96 Å². The quantitative estimate of drug-likeness (QED) is 0.835. The van der Waals surface area contributed by atoms with E-state index in [0.717, 1.165) is 12.8 Å². The monoisotopic (exact) mass is 341 g/mol. The molecule has 0 radical (unpaired) electrons. The first-order chi connectivity index (χ1) is 10.3. The molecular formula is C14H19N3O3S2. The van der Waals surface area contributed by atoms with Crippen LogP contribution in [0, 0.1) is 19.8 Å². The summed E-state index contributed by atoms with van der Waals surface area (Å²) in [6.45, 7) is 6.42. The number of hydrogen-bond donors (Lipinski definition) is 0. The van der Waals surface area contributed by atoms with Crippen LogP contribution in [-0.2, 0) is 10.0 Å². The van der Waals surface area contributed by atoms with Crippen molar-refractivity contribution >= 4 is 26.3 Å². The first kappa shape index (κ1) is 15.6. The molecule has 0 atom stereocenters. The lowest BCUT2D eigenvalue weighted by Gasteiger charge is -2.29. The fourth-order valence-corrected chi connectivity index (χ4v) is 5.40. The molecule has 1 aliphatic heterocycles. The lowest BCUT2D eigenvalue weighted by atomic mass is 10.0. The van der Waals surface area contributed by atoms with Crippen LogP contribution < -0.4 is 5.56 Å². The number of aromatic nitrogens is 2. The number of rotatable bonds is 2. The molecule has 0 saturated carbocycles. The number of thiazole rings is 1. The fraction of sp³-hybridized carbons (Fsp3) is 0.571. The topological polar surface area (TPSA) is 71.8 Å². The molecule has 0 spiro atoms. The number of fused-ring (bicyclic) bond motifs is 1. The van der Waals surface area contributed by atoms with E-state index >= 15 is 0 Å². The highest BCUT2D eigenvalue weighted by atomic mass is 32.2. The second-order valence-corrected chi connectivity index (χ2v) is 8.62. The average molecular weight is 341 g/mol. The Balaban J connectivity index is 2.17. The van der Waals surface area contributed by atoms with Crippen molar-refractivity contribution in [2.75, 3.05) is 13.1 Å². The first-order valence-corrected chi connectivity index (χ1v) is 9.62. The SMILES string of the molecule is Cc1nc2scc(C)n2c(=O)c1S(=O)(=O)N1CCC(C)CC1. The Morgan fingerprint density at radius 3 is 2.55 bits per heavy atom. The van der Waals surface area contributed by atoms with Gasteiger partial charge in [0, 0.05) is 24.2 Å². The van der Waals surface area contributed by atoms with E-state index in [2.05, 4.69) is 11.9 Å². The maximum Gasteiger partial charge on any atom is 0.279 e. The van der Waals surface area contributed by atoms with Crippen LogP contribution >= 0.6 is 11.3 Å². The predicted molar refractivity (Wildman–Crippen MR) is 86.0 cm³/mol. The van der Waals surface area contributed by atoms with Crippen LogP contribution in [0.5, 0.6) is 0 Å². The average Bonchev–Trinajstić information content (AvgIpc) is 2.80. The van der Waals surface area contributed by atoms with E-state index in [-0.39, 0.29) is 10.6 Å². The minimum atomic E-state index is -3.79. The molecule has 6 nitrogen and oxygen atoms in total. The van der Waals surface area contributed by atoms with Crippen LogP contribution in [0.15, 0.2) is 15.1 Å². The second-order valence-electron chi connectivity index (χ2n) is 5.91. The van der Waals surface area contributed by atoms with Gasteiger partial charge in [-0.05, 0) is 32.6 Å². The third kappa shape index (κ3) is 2.39. The van der Waals surface area contributed by atoms with Gasteiger partial charge in [0.15, 0.2) is 9.86 Å². The predicted octanol–water partition coefficient (Wildman–Crippen LogP) is 1.79. The van der Waals surface area contributed by atoms with Gasteiger partial charge in [-0.1, -0.05) is 6.92 Å². The lowest BCUT2D eigenvalue weighted by molar-refractivity contribution is 0.287. The van der Waals surface area contributed by atoms with E-state index in [1.165, 1.54) is 20.0 Å². The van der Waals surface area contributed by atoms with Gasteiger partial charge in [0.2, 0.25) is 10.0 Å². The zero-order valence-electron chi connectivity index (χ0n) is 12.9. The van der Waals surface area contributed by atoms with Gasteiger partial charge in [0.25, 0.3) is 5.56 Å². The fourth-order valence-electron chi connectivity index (χ4n) is 2.82. The normalized spacial score (nSPS) is 18.1. The Morgan fingerprint density at radius 1 is 1.27 bits per heavy atom. The standard InChI is InChI=1S/C14H19N3O3S2/c1-9-4-6-16(7-5-9)22(19,20)12-11(3)15-14-17(13(12)18)10(2)8-21-14/h8-9H,4-7H2,1-3H3. The Labute approximate surface area is 133 Å². The van der Waals surface area contributed by atoms with Crippen LogP contribution in [-0.4, -0.2) is 35.2 Å². The number of nitrogens with zero attached hydrogens (tertiary/aromatic N) is 3. The van der Waals surface area contributed by atoms with Gasteiger partial charge in [-0.2, -0.15) is 4.31 Å². The summed E-state index contributed by atoms with van der Waals surface area (Å²) in [6, 6.07) is 0. The van der Waals surface area contributed by atoms with Crippen LogP contribution in [0.4, 0.5) is 0 Å². The minimum Gasteiger partial charge on any atom is -0.267 e. The molecule has 3 heterocycles. The summed E-state index contributed by atoms with van der Waals surface area (Å²) in [5, 5.41) is 1.81. The third-order valence-corrected chi connectivity index (χ3v) is 7.18. The van der Waals surface area contributed by atoms with Gasteiger partial charge in [0.1, 0.15) is 0 Å². The van der Waals surface area contributed by atoms with Crippen molar-refractivity contribution in [2.24, 2.45) is 5.92 Å². The van der Waals surface area contributed by atoms with Crippen molar-refractivity contribution in [3.63, 3.8) is 0 Å². The van der Waals surface area contributed by atoms with E-state index in [1.807, 2.05) is 5.38 Å². The van der Waals surface area contributed by atoms with Crippen LogP contribution in [0.3, 0.4) is 0 Å². The molecule has 1 saturated heterocycles. The Bertz CT molecular complexity index is 875. The number of hydrogen-bond acceptors (Lipinski definition) is 5. The summed E-state index contributed by atoms with van der Waals surface area (Å²) in [5.41, 5.74) is 0.506. The molecule has 8 heteroatoms. The van der Waals surface area contributed by atoms with Gasteiger partial charge < -0.3 is 0 Å². The summed E-state index contributed by atoms with van der Waals surface area (Å²) >= 11 is 1.34. The van der Waals surface area contributed by atoms with E-state index < -0.39 is 15.6 Å². The molecule has 2 aromatic rings. The maximum atomic E-state index is 12.9. The molecule has 1 fully saturated rings. The van der Waals surface area contributed by atoms with Crippen LogP contribution in [0.1, 0.15) is 31.2 Å². The third-order valence-electron chi connectivity index (χ3n) is 4.21. The summed E-state index contributed by atoms with van der Waals surface area (Å²) in [7, 11) is -3.79. The van der Waals surface area contributed by atoms with Crippen molar-refractivity contribution in [1.82, 2.24) is 13.7 Å². The van der Waals surface area contributed by atoms with Crippen molar-refractivity contribution in [3.05, 3.63) is 27.1 Å². The molecule has 2 aromatic heterocycles. The van der Waals surface area contributed by atoms with E-state index in [0.29, 0.717) is 29.7 Å². The van der Waals surface area contributed by atoms with Gasteiger partial charge in [-0.3, -0.25) is 9.20 Å². The molecule has 3 rings (SSSR count). The van der Waals surface area contributed by atoms with E-state index in [9.17, 15) is 13.2 Å². The highest BCUT2D eigenvalue weighted by molar-refractivity contribution is 7.89. The smallest absolute Gasteiger partial charge is 0.267 e. The van der Waals surface area contributed by atoms with Crippen molar-refractivity contribution in [2.45, 2.75) is 38.5 Å². The molecule has 1 aliphatic rings. The molecule has 0 aromatic carbocycles. The molecule has 0 N–H and O–H groups in total. The number of aryl methyl sites for hydroxylation is 2.